The standard InChI is InChI=1S/C25H26F3N5O/c1-15-6-23(26)22(24(34)32-19-2-3-19)9-21(15)17-11-31-33(13-17)20-8-16(10-30-12-20)7-18-4-5-29-14-25(18,27)28/h6,8-13,18-19,29H,2-5,7,14H2,1H3,(H,32,34). The lowest BCUT2D eigenvalue weighted by Crippen LogP contribution is -2.46. The molecular formula is C25H26F3N5O. The van der Waals surface area contributed by atoms with Gasteiger partial charge in [0.05, 0.1) is 30.2 Å². The number of benzene rings is 1. The molecule has 2 N–H and O–H groups in total. The topological polar surface area (TPSA) is 71.8 Å². The SMILES string of the molecule is Cc1cc(F)c(C(=O)NC2CC2)cc1-c1cnn(-c2cncc(CC3CCNCC3(F)F)c2)c1. The van der Waals surface area contributed by atoms with Crippen molar-refractivity contribution in [3.8, 4) is 16.8 Å². The number of carbonyl (C=O) groups is 1. The molecule has 2 aromatic heterocycles. The Bertz CT molecular complexity index is 1220. The number of rotatable bonds is 6. The zero-order valence-corrected chi connectivity index (χ0v) is 18.8. The van der Waals surface area contributed by atoms with Crippen LogP contribution < -0.4 is 10.6 Å². The quantitative estimate of drug-likeness (QED) is 0.571. The van der Waals surface area contributed by atoms with Gasteiger partial charge in [0, 0.05) is 29.9 Å². The third-order valence-electron chi connectivity index (χ3n) is 6.52. The van der Waals surface area contributed by atoms with E-state index in [1.165, 1.54) is 6.07 Å². The zero-order chi connectivity index (χ0) is 23.9. The Morgan fingerprint density at radius 2 is 2.03 bits per heavy atom. The van der Waals surface area contributed by atoms with Gasteiger partial charge in [0.25, 0.3) is 11.8 Å². The number of aromatic nitrogens is 3. The molecule has 6 nitrogen and oxygen atoms in total. The van der Waals surface area contributed by atoms with Crippen molar-refractivity contribution in [2.24, 2.45) is 5.92 Å². The molecule has 9 heteroatoms. The van der Waals surface area contributed by atoms with Gasteiger partial charge in [0.2, 0.25) is 0 Å². The van der Waals surface area contributed by atoms with Crippen LogP contribution in [0, 0.1) is 18.7 Å². The summed E-state index contributed by atoms with van der Waals surface area (Å²) in [6.07, 6.45) is 9.11. The van der Waals surface area contributed by atoms with Crippen molar-refractivity contribution in [2.75, 3.05) is 13.1 Å². The van der Waals surface area contributed by atoms with Crippen LogP contribution in [0.2, 0.25) is 0 Å². The van der Waals surface area contributed by atoms with Crippen LogP contribution in [0.25, 0.3) is 16.8 Å². The second-order valence-corrected chi connectivity index (χ2v) is 9.25. The van der Waals surface area contributed by atoms with Crippen molar-refractivity contribution >= 4 is 5.91 Å². The Hall–Kier alpha value is -3.20. The van der Waals surface area contributed by atoms with Crippen LogP contribution in [0.4, 0.5) is 13.2 Å². The Kier molecular flexibility index (Phi) is 5.89. The average Bonchev–Trinajstić information content (AvgIpc) is 3.47. The number of nitrogens with one attached hydrogen (secondary N) is 2. The number of nitrogens with zero attached hydrogens (tertiary/aromatic N) is 3. The number of carbonyl (C=O) groups excluding carboxylic acids is 1. The van der Waals surface area contributed by atoms with E-state index < -0.39 is 23.6 Å². The van der Waals surface area contributed by atoms with Crippen molar-refractivity contribution in [1.29, 1.82) is 0 Å². The molecule has 2 fully saturated rings. The first kappa shape index (κ1) is 22.6. The number of piperidine rings is 1. The number of aryl methyl sites for hydroxylation is 1. The van der Waals surface area contributed by atoms with Gasteiger partial charge in [-0.05, 0) is 74.0 Å². The fraction of sp³-hybridized carbons (Fsp3) is 0.400. The van der Waals surface area contributed by atoms with Crippen LogP contribution in [0.15, 0.2) is 43.0 Å². The molecule has 1 atom stereocenters. The number of pyridine rings is 1. The van der Waals surface area contributed by atoms with Crippen molar-refractivity contribution in [3.05, 3.63) is 65.5 Å². The second-order valence-electron chi connectivity index (χ2n) is 9.25. The minimum absolute atomic E-state index is 0.00631. The predicted octanol–water partition coefficient (Wildman–Crippen LogP) is 4.06. The first-order valence-corrected chi connectivity index (χ1v) is 11.5. The lowest BCUT2D eigenvalue weighted by Gasteiger charge is -2.31. The van der Waals surface area contributed by atoms with Crippen LogP contribution >= 0.6 is 0 Å². The molecule has 0 bridgehead atoms. The fourth-order valence-electron chi connectivity index (χ4n) is 4.39. The van der Waals surface area contributed by atoms with E-state index in [0.717, 1.165) is 18.4 Å². The molecule has 1 unspecified atom stereocenters. The largest absolute Gasteiger partial charge is 0.349 e. The summed E-state index contributed by atoms with van der Waals surface area (Å²) in [4.78, 5) is 16.7. The van der Waals surface area contributed by atoms with Crippen LogP contribution in [-0.4, -0.2) is 45.7 Å². The molecule has 1 aromatic carbocycles. The zero-order valence-electron chi connectivity index (χ0n) is 18.8. The van der Waals surface area contributed by atoms with E-state index in [-0.39, 0.29) is 24.6 Å². The Labute approximate surface area is 195 Å². The van der Waals surface area contributed by atoms with Crippen LogP contribution in [0.1, 0.15) is 40.7 Å². The number of hydrogen-bond donors (Lipinski definition) is 2. The van der Waals surface area contributed by atoms with E-state index in [9.17, 15) is 18.0 Å². The first-order valence-electron chi connectivity index (χ1n) is 11.5. The molecule has 1 saturated heterocycles. The minimum Gasteiger partial charge on any atom is -0.349 e. The number of alkyl halides is 2. The summed E-state index contributed by atoms with van der Waals surface area (Å²) in [5.74, 6) is -4.46. The summed E-state index contributed by atoms with van der Waals surface area (Å²) in [5, 5.41) is 9.97. The summed E-state index contributed by atoms with van der Waals surface area (Å²) in [5.41, 5.74) is 3.47. The third kappa shape index (κ3) is 4.70. The highest BCUT2D eigenvalue weighted by atomic mass is 19.3. The van der Waals surface area contributed by atoms with E-state index in [0.29, 0.717) is 35.3 Å². The molecule has 5 rings (SSSR count). The molecule has 178 valence electrons. The molecule has 1 amide bonds. The van der Waals surface area contributed by atoms with Gasteiger partial charge in [0.15, 0.2) is 0 Å². The Morgan fingerprint density at radius 3 is 2.79 bits per heavy atom. The summed E-state index contributed by atoms with van der Waals surface area (Å²) < 4.78 is 44.6. The van der Waals surface area contributed by atoms with Crippen molar-refractivity contribution in [1.82, 2.24) is 25.4 Å². The molecule has 0 radical (unpaired) electrons. The number of amides is 1. The predicted molar refractivity (Wildman–Crippen MR) is 122 cm³/mol. The lowest BCUT2D eigenvalue weighted by molar-refractivity contribution is -0.0727. The maximum absolute atomic E-state index is 14.5. The summed E-state index contributed by atoms with van der Waals surface area (Å²) in [7, 11) is 0. The second kappa shape index (κ2) is 8.87. The Morgan fingerprint density at radius 1 is 1.21 bits per heavy atom. The molecular weight excluding hydrogens is 443 g/mol. The molecule has 1 aliphatic carbocycles. The molecule has 3 heterocycles. The van der Waals surface area contributed by atoms with Crippen molar-refractivity contribution in [2.45, 2.75) is 44.6 Å². The van der Waals surface area contributed by atoms with E-state index in [4.69, 9.17) is 0 Å². The summed E-state index contributed by atoms with van der Waals surface area (Å²) in [6, 6.07) is 4.85. The van der Waals surface area contributed by atoms with Crippen molar-refractivity contribution in [3.63, 3.8) is 0 Å². The van der Waals surface area contributed by atoms with Gasteiger partial charge < -0.3 is 10.6 Å². The van der Waals surface area contributed by atoms with Crippen LogP contribution in [0.5, 0.6) is 0 Å². The maximum atomic E-state index is 14.5. The first-order chi connectivity index (χ1) is 16.3. The smallest absolute Gasteiger partial charge is 0.263 e. The molecule has 3 aromatic rings. The highest BCUT2D eigenvalue weighted by Crippen LogP contribution is 2.33. The molecule has 1 aliphatic heterocycles. The molecule has 34 heavy (non-hydrogen) atoms. The highest BCUT2D eigenvalue weighted by Gasteiger charge is 2.41. The van der Waals surface area contributed by atoms with E-state index in [1.807, 2.05) is 6.07 Å². The normalized spacial score (nSPS) is 19.7. The maximum Gasteiger partial charge on any atom is 0.263 e. The lowest BCUT2D eigenvalue weighted by atomic mass is 9.88. The van der Waals surface area contributed by atoms with Crippen LogP contribution in [-0.2, 0) is 6.42 Å². The Balaban J connectivity index is 1.39. The molecule has 2 aliphatic rings. The summed E-state index contributed by atoms with van der Waals surface area (Å²) in [6.45, 7) is 2.05. The number of hydrogen-bond acceptors (Lipinski definition) is 4. The monoisotopic (exact) mass is 469 g/mol. The fourth-order valence-corrected chi connectivity index (χ4v) is 4.39. The number of halogens is 3. The molecule has 1 saturated carbocycles. The van der Waals surface area contributed by atoms with Gasteiger partial charge in [-0.3, -0.25) is 9.78 Å². The van der Waals surface area contributed by atoms with Gasteiger partial charge in [-0.2, -0.15) is 5.10 Å². The van der Waals surface area contributed by atoms with E-state index in [1.54, 1.807) is 42.5 Å². The van der Waals surface area contributed by atoms with Gasteiger partial charge >= 0.3 is 0 Å². The highest BCUT2D eigenvalue weighted by molar-refractivity contribution is 5.96. The summed E-state index contributed by atoms with van der Waals surface area (Å²) >= 11 is 0. The van der Waals surface area contributed by atoms with Gasteiger partial charge in [-0.15, -0.1) is 0 Å². The third-order valence-corrected chi connectivity index (χ3v) is 6.52. The van der Waals surface area contributed by atoms with Gasteiger partial charge in [-0.1, -0.05) is 0 Å². The van der Waals surface area contributed by atoms with Crippen LogP contribution in [0.3, 0.4) is 0 Å². The van der Waals surface area contributed by atoms with Crippen molar-refractivity contribution < 1.29 is 18.0 Å². The van der Waals surface area contributed by atoms with Gasteiger partial charge in [0.1, 0.15) is 5.82 Å². The van der Waals surface area contributed by atoms with E-state index in [2.05, 4.69) is 20.7 Å². The average molecular weight is 470 g/mol. The molecule has 0 spiro atoms. The minimum atomic E-state index is -2.75. The van der Waals surface area contributed by atoms with E-state index >= 15 is 0 Å². The van der Waals surface area contributed by atoms with Gasteiger partial charge in [-0.25, -0.2) is 17.9 Å².